The van der Waals surface area contributed by atoms with Crippen molar-refractivity contribution in [3.63, 3.8) is 0 Å². The summed E-state index contributed by atoms with van der Waals surface area (Å²) in [6.07, 6.45) is 5.19. The molecule has 6 nitrogen and oxygen atoms in total. The molecule has 0 saturated carbocycles. The Morgan fingerprint density at radius 2 is 2.47 bits per heavy atom. The Balaban J connectivity index is 1.76. The third-order valence-corrected chi connectivity index (χ3v) is 3.32. The van der Waals surface area contributed by atoms with Crippen molar-refractivity contribution in [1.29, 1.82) is 0 Å². The number of aryl methyl sites for hydroxylation is 1. The van der Waals surface area contributed by atoms with Gasteiger partial charge in [0.2, 0.25) is 0 Å². The van der Waals surface area contributed by atoms with Crippen LogP contribution in [0.2, 0.25) is 0 Å². The molecule has 1 atom stereocenters. The van der Waals surface area contributed by atoms with Gasteiger partial charge in [-0.05, 0) is 12.0 Å². The molecule has 2 rings (SSSR count). The minimum absolute atomic E-state index is 0.0462. The first-order valence-corrected chi connectivity index (χ1v) is 6.55. The lowest BCUT2D eigenvalue weighted by Gasteiger charge is -2.32. The van der Waals surface area contributed by atoms with Crippen LogP contribution in [0.1, 0.15) is 12.0 Å². The maximum atomic E-state index is 11.2. The topological polar surface area (TPSA) is 56.6 Å². The quantitative estimate of drug-likeness (QED) is 0.715. The van der Waals surface area contributed by atoms with Crippen LogP contribution in [0.5, 0.6) is 0 Å². The van der Waals surface area contributed by atoms with Crippen LogP contribution in [0.15, 0.2) is 12.4 Å². The highest BCUT2D eigenvalue weighted by molar-refractivity contribution is 5.69. The molecular formula is C13H21N3O3. The van der Waals surface area contributed by atoms with Crippen LogP contribution in [-0.2, 0) is 27.7 Å². The van der Waals surface area contributed by atoms with E-state index < -0.39 is 0 Å². The molecule has 6 heteroatoms. The molecule has 0 amide bonds. The molecule has 0 aliphatic carbocycles. The smallest absolute Gasteiger partial charge is 0.308 e. The summed E-state index contributed by atoms with van der Waals surface area (Å²) in [6.45, 7) is 3.34. The fourth-order valence-corrected chi connectivity index (χ4v) is 2.26. The normalized spacial score (nSPS) is 20.4. The van der Waals surface area contributed by atoms with Crippen molar-refractivity contribution in [3.05, 3.63) is 18.0 Å². The van der Waals surface area contributed by atoms with Crippen LogP contribution in [-0.4, -0.2) is 60.1 Å². The number of carbonyl (C=O) groups is 1. The van der Waals surface area contributed by atoms with Gasteiger partial charge < -0.3 is 9.47 Å². The van der Waals surface area contributed by atoms with Crippen LogP contribution in [0.3, 0.4) is 0 Å². The SMILES string of the molecule is COC(=O)CC1CN(CCc2cnn(C)c2)CCO1. The van der Waals surface area contributed by atoms with E-state index in [-0.39, 0.29) is 12.1 Å². The maximum absolute atomic E-state index is 11.2. The molecule has 1 aromatic heterocycles. The lowest BCUT2D eigenvalue weighted by Crippen LogP contribution is -2.44. The third kappa shape index (κ3) is 4.33. The lowest BCUT2D eigenvalue weighted by atomic mass is 10.2. The summed E-state index contributed by atoms with van der Waals surface area (Å²) in [4.78, 5) is 13.6. The largest absolute Gasteiger partial charge is 0.469 e. The molecule has 2 heterocycles. The van der Waals surface area contributed by atoms with Crippen molar-refractivity contribution in [3.8, 4) is 0 Å². The molecule has 1 fully saturated rings. The summed E-state index contributed by atoms with van der Waals surface area (Å²) in [6, 6.07) is 0. The predicted molar refractivity (Wildman–Crippen MR) is 69.7 cm³/mol. The molecule has 0 radical (unpaired) electrons. The fourth-order valence-electron chi connectivity index (χ4n) is 2.26. The van der Waals surface area contributed by atoms with Gasteiger partial charge in [-0.3, -0.25) is 14.4 Å². The predicted octanol–water partition coefficient (Wildman–Crippen LogP) is 0.226. The fraction of sp³-hybridized carbons (Fsp3) is 0.692. The highest BCUT2D eigenvalue weighted by Gasteiger charge is 2.22. The first kappa shape index (κ1) is 14.0. The van der Waals surface area contributed by atoms with Gasteiger partial charge in [0.15, 0.2) is 0 Å². The van der Waals surface area contributed by atoms with Gasteiger partial charge in [-0.25, -0.2) is 0 Å². The zero-order valence-corrected chi connectivity index (χ0v) is 11.5. The molecule has 1 aliphatic rings. The summed E-state index contributed by atoms with van der Waals surface area (Å²) in [5, 5.41) is 4.16. The number of hydrogen-bond donors (Lipinski definition) is 0. The van der Waals surface area contributed by atoms with Gasteiger partial charge >= 0.3 is 5.97 Å². The van der Waals surface area contributed by atoms with Crippen LogP contribution in [0, 0.1) is 0 Å². The molecule has 0 spiro atoms. The van der Waals surface area contributed by atoms with Crippen molar-refractivity contribution >= 4 is 5.97 Å². The Bertz CT molecular complexity index is 419. The number of morpholine rings is 1. The standard InChI is InChI=1S/C13H21N3O3/c1-15-9-11(8-14-15)3-4-16-5-6-19-12(10-16)7-13(17)18-2/h8-9,12H,3-7,10H2,1-2H3. The second kappa shape index (κ2) is 6.68. The van der Waals surface area contributed by atoms with E-state index in [1.54, 1.807) is 0 Å². The van der Waals surface area contributed by atoms with Gasteiger partial charge in [-0.15, -0.1) is 0 Å². The highest BCUT2D eigenvalue weighted by Crippen LogP contribution is 2.10. The number of esters is 1. The van der Waals surface area contributed by atoms with Gasteiger partial charge in [0.05, 0.1) is 32.4 Å². The van der Waals surface area contributed by atoms with Crippen molar-refractivity contribution in [2.24, 2.45) is 7.05 Å². The van der Waals surface area contributed by atoms with E-state index in [2.05, 4.69) is 14.7 Å². The summed E-state index contributed by atoms with van der Waals surface area (Å²) in [7, 11) is 3.33. The molecule has 0 bridgehead atoms. The maximum Gasteiger partial charge on any atom is 0.308 e. The van der Waals surface area contributed by atoms with Gasteiger partial charge in [0.1, 0.15) is 0 Å². The highest BCUT2D eigenvalue weighted by atomic mass is 16.5. The average Bonchev–Trinajstić information content (AvgIpc) is 2.82. The second-order valence-electron chi connectivity index (χ2n) is 4.85. The van der Waals surface area contributed by atoms with Gasteiger partial charge in [-0.1, -0.05) is 0 Å². The van der Waals surface area contributed by atoms with E-state index in [9.17, 15) is 4.79 Å². The molecule has 1 aromatic rings. The number of aromatic nitrogens is 2. The number of hydrogen-bond acceptors (Lipinski definition) is 5. The van der Waals surface area contributed by atoms with Gasteiger partial charge in [0, 0.05) is 32.9 Å². The van der Waals surface area contributed by atoms with Crippen LogP contribution in [0.4, 0.5) is 0 Å². The van der Waals surface area contributed by atoms with E-state index in [4.69, 9.17) is 4.74 Å². The van der Waals surface area contributed by atoms with E-state index >= 15 is 0 Å². The Hall–Kier alpha value is -1.40. The van der Waals surface area contributed by atoms with E-state index in [1.165, 1.54) is 12.7 Å². The van der Waals surface area contributed by atoms with Crippen molar-refractivity contribution in [2.45, 2.75) is 18.9 Å². The Morgan fingerprint density at radius 3 is 3.16 bits per heavy atom. The first-order valence-electron chi connectivity index (χ1n) is 6.55. The summed E-state index contributed by atoms with van der Waals surface area (Å²) in [5.41, 5.74) is 1.23. The second-order valence-corrected chi connectivity index (χ2v) is 4.85. The minimum atomic E-state index is -0.209. The molecule has 0 aromatic carbocycles. The summed E-state index contributed by atoms with van der Waals surface area (Å²) >= 11 is 0. The van der Waals surface area contributed by atoms with Crippen molar-refractivity contribution in [1.82, 2.24) is 14.7 Å². The Kier molecular flexibility index (Phi) is 4.93. The minimum Gasteiger partial charge on any atom is -0.469 e. The molecule has 1 aliphatic heterocycles. The number of carbonyl (C=O) groups excluding carboxylic acids is 1. The average molecular weight is 267 g/mol. The monoisotopic (exact) mass is 267 g/mol. The van der Waals surface area contributed by atoms with Crippen LogP contribution >= 0.6 is 0 Å². The number of ether oxygens (including phenoxy) is 2. The van der Waals surface area contributed by atoms with Crippen molar-refractivity contribution in [2.75, 3.05) is 33.4 Å². The number of methoxy groups -OCH3 is 1. The number of nitrogens with zero attached hydrogens (tertiary/aromatic N) is 3. The summed E-state index contributed by atoms with van der Waals surface area (Å²) < 4.78 is 12.1. The van der Waals surface area contributed by atoms with Gasteiger partial charge in [0.25, 0.3) is 0 Å². The zero-order chi connectivity index (χ0) is 13.7. The van der Waals surface area contributed by atoms with E-state index in [0.29, 0.717) is 13.0 Å². The van der Waals surface area contributed by atoms with E-state index in [0.717, 1.165) is 26.1 Å². The van der Waals surface area contributed by atoms with Crippen LogP contribution < -0.4 is 0 Å². The van der Waals surface area contributed by atoms with Crippen molar-refractivity contribution < 1.29 is 14.3 Å². The van der Waals surface area contributed by atoms with Gasteiger partial charge in [-0.2, -0.15) is 5.10 Å². The molecule has 19 heavy (non-hydrogen) atoms. The molecule has 0 N–H and O–H groups in total. The Labute approximate surface area is 113 Å². The Morgan fingerprint density at radius 1 is 1.63 bits per heavy atom. The molecule has 1 unspecified atom stereocenters. The molecule has 106 valence electrons. The van der Waals surface area contributed by atoms with E-state index in [1.807, 2.05) is 24.1 Å². The molecule has 1 saturated heterocycles. The molecular weight excluding hydrogens is 246 g/mol. The first-order chi connectivity index (χ1) is 9.17. The number of rotatable bonds is 5. The van der Waals surface area contributed by atoms with Crippen LogP contribution in [0.25, 0.3) is 0 Å². The third-order valence-electron chi connectivity index (χ3n) is 3.32. The summed E-state index contributed by atoms with van der Waals surface area (Å²) in [5.74, 6) is -0.209. The zero-order valence-electron chi connectivity index (χ0n) is 11.5. The lowest BCUT2D eigenvalue weighted by molar-refractivity contribution is -0.145.